The number of hydrogen-bond acceptors (Lipinski definition) is 12. The van der Waals surface area contributed by atoms with Gasteiger partial charge in [0.1, 0.15) is 43.2 Å². The third-order valence-electron chi connectivity index (χ3n) is 10.4. The Kier molecular flexibility index (Phi) is 13.3. The molecule has 326 valence electrons. The first-order chi connectivity index (χ1) is 29.6. The average molecular weight is 871 g/mol. The van der Waals surface area contributed by atoms with Gasteiger partial charge in [-0.15, -0.1) is 11.3 Å². The molecule has 1 fully saturated rings. The van der Waals surface area contributed by atoms with Crippen LogP contribution in [0.25, 0.3) is 44.0 Å². The number of aliphatic hydroxyl groups excluding tert-OH is 1. The van der Waals surface area contributed by atoms with Gasteiger partial charge in [0.25, 0.3) is 6.43 Å². The van der Waals surface area contributed by atoms with E-state index in [9.17, 15) is 28.3 Å². The summed E-state index contributed by atoms with van der Waals surface area (Å²) in [5.74, 6) is -1.47. The molecule has 62 heavy (non-hydrogen) atoms. The molecule has 4 atom stereocenters. The summed E-state index contributed by atoms with van der Waals surface area (Å²) in [6.45, 7) is 8.04. The standard InChI is InChI=1S/C43H48F2N10O6S/c1-24(26-6-8-27(9-7-26)37-25(2)49-23-62-37)50-40(58)33-17-30(56)19-55(33)41(59)38(43(3,4)5)52-35(57)22-60-14-15-61-42-47-13-11-32(51-42)31-20-54(21-34(44)45)53-36(31)29-16-28-10-12-46-39(28)48-18-29/h6-13,16,18,20,23-24,30,33-34,38,56H,14-15,17,19,21-22H2,1-5H3,(H,46,48)(H,50,58)(H,52,57)/t24-,30+,33-,38?/m0/s1. The zero-order valence-electron chi connectivity index (χ0n) is 34.8. The first kappa shape index (κ1) is 43.9. The third kappa shape index (κ3) is 10.3. The Morgan fingerprint density at radius 3 is 2.56 bits per heavy atom. The van der Waals surface area contributed by atoms with Crippen LogP contribution < -0.4 is 15.4 Å². The molecule has 16 nitrogen and oxygen atoms in total. The summed E-state index contributed by atoms with van der Waals surface area (Å²) in [6.07, 6.45) is 2.82. The lowest BCUT2D eigenvalue weighted by atomic mass is 9.85. The molecular formula is C43H48F2N10O6S. The summed E-state index contributed by atoms with van der Waals surface area (Å²) in [5.41, 5.74) is 6.43. The molecule has 4 N–H and O–H groups in total. The SMILES string of the molecule is Cc1ncsc1-c1ccc([C@H](C)NC(=O)[C@@H]2C[C@@H](O)CN2C(=O)C(NC(=O)COCCOc2nccc(-c3cn(CC(F)F)nc3-c3cnc4[nH]ccc4c3)n2)C(C)(C)C)cc1. The van der Waals surface area contributed by atoms with Crippen molar-refractivity contribution in [2.75, 3.05) is 26.4 Å². The maximum Gasteiger partial charge on any atom is 0.316 e. The van der Waals surface area contributed by atoms with Gasteiger partial charge in [0.15, 0.2) is 0 Å². The number of likely N-dealkylation sites (tertiary alicyclic amines) is 1. The first-order valence-electron chi connectivity index (χ1n) is 20.1. The lowest BCUT2D eigenvalue weighted by molar-refractivity contribution is -0.144. The number of benzene rings is 1. The number of β-amino-alcohol motifs (C(OH)–C–C–N with tert-alkyl or cyclic N) is 1. The number of aromatic nitrogens is 7. The number of nitrogens with one attached hydrogen (secondary N) is 3. The van der Waals surface area contributed by atoms with Crippen molar-refractivity contribution in [2.24, 2.45) is 5.41 Å². The minimum absolute atomic E-state index is 0.0126. The Morgan fingerprint density at radius 1 is 1.05 bits per heavy atom. The second-order valence-electron chi connectivity index (χ2n) is 16.2. The topological polar surface area (TPSA) is 202 Å². The van der Waals surface area contributed by atoms with Crippen LogP contribution in [0.15, 0.2) is 72.8 Å². The van der Waals surface area contributed by atoms with Crippen LogP contribution in [0.5, 0.6) is 6.01 Å². The van der Waals surface area contributed by atoms with Gasteiger partial charge in [-0.05, 0) is 48.6 Å². The smallest absolute Gasteiger partial charge is 0.316 e. The number of halogens is 2. The molecule has 0 radical (unpaired) electrons. The number of aliphatic hydroxyl groups is 1. The van der Waals surface area contributed by atoms with Crippen LogP contribution in [0.2, 0.25) is 0 Å². The molecule has 19 heteroatoms. The zero-order chi connectivity index (χ0) is 44.1. The number of nitrogens with zero attached hydrogens (tertiary/aromatic N) is 7. The first-order valence-corrected chi connectivity index (χ1v) is 20.9. The van der Waals surface area contributed by atoms with Crippen LogP contribution in [0.1, 0.15) is 51.4 Å². The number of aromatic amines is 1. The summed E-state index contributed by atoms with van der Waals surface area (Å²) in [5, 5.41) is 21.6. The van der Waals surface area contributed by atoms with Gasteiger partial charge < -0.3 is 35.1 Å². The fourth-order valence-electron chi connectivity index (χ4n) is 7.26. The predicted octanol–water partition coefficient (Wildman–Crippen LogP) is 5.35. The van der Waals surface area contributed by atoms with E-state index in [0.29, 0.717) is 28.2 Å². The summed E-state index contributed by atoms with van der Waals surface area (Å²) < 4.78 is 39.1. The quantitative estimate of drug-likeness (QED) is 0.0915. The second kappa shape index (κ2) is 18.8. The lowest BCUT2D eigenvalue weighted by Crippen LogP contribution is -2.58. The van der Waals surface area contributed by atoms with Crippen LogP contribution in [-0.4, -0.2) is 113 Å². The van der Waals surface area contributed by atoms with Gasteiger partial charge in [-0.3, -0.25) is 19.1 Å². The molecule has 0 saturated carbocycles. The molecule has 1 aromatic carbocycles. The summed E-state index contributed by atoms with van der Waals surface area (Å²) in [7, 11) is 0. The van der Waals surface area contributed by atoms with Crippen LogP contribution in [0.3, 0.4) is 0 Å². The van der Waals surface area contributed by atoms with Crippen molar-refractivity contribution in [3.05, 3.63) is 84.0 Å². The molecule has 3 amide bonds. The molecule has 5 aromatic heterocycles. The van der Waals surface area contributed by atoms with Crippen molar-refractivity contribution in [1.82, 2.24) is 50.2 Å². The molecule has 6 heterocycles. The second-order valence-corrected chi connectivity index (χ2v) is 17.0. The molecule has 1 saturated heterocycles. The van der Waals surface area contributed by atoms with E-state index in [1.807, 2.05) is 50.2 Å². The highest BCUT2D eigenvalue weighted by atomic mass is 32.1. The number of amides is 3. The average Bonchev–Trinajstić information content (AvgIpc) is 4.06. The molecular weight excluding hydrogens is 823 g/mol. The minimum atomic E-state index is -2.62. The van der Waals surface area contributed by atoms with Crippen molar-refractivity contribution in [3.63, 3.8) is 0 Å². The summed E-state index contributed by atoms with van der Waals surface area (Å²) in [4.78, 5) is 63.7. The molecule has 0 aliphatic carbocycles. The fourth-order valence-corrected chi connectivity index (χ4v) is 8.07. The Bertz CT molecular complexity index is 2520. The van der Waals surface area contributed by atoms with Crippen molar-refractivity contribution in [3.8, 4) is 39.0 Å². The normalized spacial score (nSPS) is 16.4. The van der Waals surface area contributed by atoms with E-state index in [4.69, 9.17) is 9.47 Å². The number of aryl methyl sites for hydroxylation is 1. The zero-order valence-corrected chi connectivity index (χ0v) is 35.7. The summed E-state index contributed by atoms with van der Waals surface area (Å²) >= 11 is 1.56. The maximum atomic E-state index is 14.1. The fraction of sp³-hybridized carbons (Fsp3) is 0.395. The molecule has 1 unspecified atom stereocenters. The van der Waals surface area contributed by atoms with Gasteiger partial charge in [-0.2, -0.15) is 10.1 Å². The van der Waals surface area contributed by atoms with E-state index in [2.05, 4.69) is 40.7 Å². The van der Waals surface area contributed by atoms with Crippen molar-refractivity contribution in [2.45, 2.75) is 78.2 Å². The van der Waals surface area contributed by atoms with Crippen LogP contribution in [-0.2, 0) is 25.7 Å². The van der Waals surface area contributed by atoms with Gasteiger partial charge in [0.2, 0.25) is 17.7 Å². The molecule has 6 aromatic rings. The molecule has 1 aliphatic rings. The number of hydrogen-bond donors (Lipinski definition) is 4. The number of pyridine rings is 1. The Labute approximate surface area is 360 Å². The highest BCUT2D eigenvalue weighted by Gasteiger charge is 2.44. The number of alkyl halides is 2. The minimum Gasteiger partial charge on any atom is -0.461 e. The number of ether oxygens (including phenoxy) is 2. The van der Waals surface area contributed by atoms with E-state index in [-0.39, 0.29) is 38.2 Å². The molecule has 7 rings (SSSR count). The largest absolute Gasteiger partial charge is 0.461 e. The van der Waals surface area contributed by atoms with Gasteiger partial charge in [-0.1, -0.05) is 45.0 Å². The van der Waals surface area contributed by atoms with Crippen molar-refractivity contribution in [1.29, 1.82) is 0 Å². The van der Waals surface area contributed by atoms with Crippen molar-refractivity contribution < 1.29 is 37.7 Å². The Morgan fingerprint density at radius 2 is 1.84 bits per heavy atom. The number of fused-ring (bicyclic) bond motifs is 1. The van der Waals surface area contributed by atoms with E-state index in [1.165, 1.54) is 17.3 Å². The highest BCUT2D eigenvalue weighted by Crippen LogP contribution is 2.33. The molecule has 0 spiro atoms. The number of thiazole rings is 1. The van der Waals surface area contributed by atoms with Gasteiger partial charge in [0, 0.05) is 54.3 Å². The number of H-pyrrole nitrogens is 1. The van der Waals surface area contributed by atoms with E-state index in [0.717, 1.165) is 31.8 Å². The van der Waals surface area contributed by atoms with E-state index < -0.39 is 60.9 Å². The summed E-state index contributed by atoms with van der Waals surface area (Å²) in [6, 6.07) is 10.8. The van der Waals surface area contributed by atoms with Crippen molar-refractivity contribution >= 4 is 40.1 Å². The number of rotatable bonds is 16. The molecule has 0 bridgehead atoms. The predicted molar refractivity (Wildman–Crippen MR) is 227 cm³/mol. The van der Waals surface area contributed by atoms with Crippen LogP contribution >= 0.6 is 11.3 Å². The monoisotopic (exact) mass is 870 g/mol. The van der Waals surface area contributed by atoms with Gasteiger partial charge >= 0.3 is 6.01 Å². The Hall–Kier alpha value is -6.18. The Balaban J connectivity index is 0.926. The van der Waals surface area contributed by atoms with Gasteiger partial charge in [0.05, 0.1) is 40.5 Å². The van der Waals surface area contributed by atoms with Gasteiger partial charge in [-0.25, -0.2) is 23.7 Å². The third-order valence-corrected chi connectivity index (χ3v) is 11.4. The van der Waals surface area contributed by atoms with Crippen LogP contribution in [0, 0.1) is 12.3 Å². The highest BCUT2D eigenvalue weighted by molar-refractivity contribution is 7.13. The number of carbonyl (C=O) groups excluding carboxylic acids is 3. The molecule has 1 aliphatic heterocycles. The van der Waals surface area contributed by atoms with E-state index >= 15 is 0 Å². The number of carbonyl (C=O) groups is 3. The maximum absolute atomic E-state index is 14.1. The van der Waals surface area contributed by atoms with E-state index in [1.54, 1.807) is 56.1 Å². The lowest BCUT2D eigenvalue weighted by Gasteiger charge is -2.35. The van der Waals surface area contributed by atoms with Crippen LogP contribution in [0.4, 0.5) is 8.78 Å².